The summed E-state index contributed by atoms with van der Waals surface area (Å²) in [5.74, 6) is -1.39. The number of hydrogen-bond donors (Lipinski definition) is 3. The summed E-state index contributed by atoms with van der Waals surface area (Å²) in [7, 11) is 0. The standard InChI is InChI=1S/C16H24N2O5/c1-11(2)14(18-15(21)12-7-6-10-23-12)16(22)17-9-5-3-4-8-13(19)20/h6-7,10-11,14H,3-5,8-9H2,1-2H3,(H,17,22)(H,18,21)(H,19,20). The highest BCUT2D eigenvalue weighted by atomic mass is 16.4. The van der Waals surface area contributed by atoms with Gasteiger partial charge in [-0.15, -0.1) is 0 Å². The van der Waals surface area contributed by atoms with Crippen LogP contribution in [0.4, 0.5) is 0 Å². The molecule has 0 aliphatic carbocycles. The van der Waals surface area contributed by atoms with Crippen molar-refractivity contribution in [2.75, 3.05) is 6.54 Å². The van der Waals surface area contributed by atoms with E-state index in [1.54, 1.807) is 6.07 Å². The van der Waals surface area contributed by atoms with E-state index in [0.29, 0.717) is 19.4 Å². The number of furan rings is 1. The third kappa shape index (κ3) is 6.99. The van der Waals surface area contributed by atoms with Crippen LogP contribution in [-0.2, 0) is 9.59 Å². The van der Waals surface area contributed by atoms with Gasteiger partial charge in [-0.25, -0.2) is 0 Å². The van der Waals surface area contributed by atoms with Crippen LogP contribution >= 0.6 is 0 Å². The summed E-state index contributed by atoms with van der Waals surface area (Å²) < 4.78 is 5.01. The van der Waals surface area contributed by atoms with E-state index in [2.05, 4.69) is 10.6 Å². The lowest BCUT2D eigenvalue weighted by atomic mass is 10.0. The molecule has 0 radical (unpaired) electrons. The first-order valence-corrected chi connectivity index (χ1v) is 7.75. The van der Waals surface area contributed by atoms with Crippen molar-refractivity contribution in [3.63, 3.8) is 0 Å². The van der Waals surface area contributed by atoms with Gasteiger partial charge in [-0.2, -0.15) is 0 Å². The Balaban J connectivity index is 2.37. The number of rotatable bonds is 10. The van der Waals surface area contributed by atoms with Crippen LogP contribution in [-0.4, -0.2) is 35.5 Å². The lowest BCUT2D eigenvalue weighted by Gasteiger charge is -2.21. The second-order valence-electron chi connectivity index (χ2n) is 5.67. The van der Waals surface area contributed by atoms with Gasteiger partial charge < -0.3 is 20.2 Å². The van der Waals surface area contributed by atoms with E-state index >= 15 is 0 Å². The van der Waals surface area contributed by atoms with Crippen LogP contribution in [0.3, 0.4) is 0 Å². The Morgan fingerprint density at radius 3 is 2.52 bits per heavy atom. The van der Waals surface area contributed by atoms with Crippen LogP contribution < -0.4 is 10.6 Å². The fourth-order valence-electron chi connectivity index (χ4n) is 2.05. The van der Waals surface area contributed by atoms with Crippen molar-refractivity contribution < 1.29 is 23.9 Å². The second kappa shape index (κ2) is 9.66. The molecule has 23 heavy (non-hydrogen) atoms. The number of nitrogens with one attached hydrogen (secondary N) is 2. The first kappa shape index (κ1) is 18.7. The zero-order valence-electron chi connectivity index (χ0n) is 13.5. The molecule has 0 bridgehead atoms. The summed E-state index contributed by atoms with van der Waals surface area (Å²) in [6, 6.07) is 2.50. The summed E-state index contributed by atoms with van der Waals surface area (Å²) in [6.45, 7) is 4.15. The smallest absolute Gasteiger partial charge is 0.303 e. The molecule has 0 spiro atoms. The third-order valence-corrected chi connectivity index (χ3v) is 3.35. The van der Waals surface area contributed by atoms with Crippen molar-refractivity contribution in [2.45, 2.75) is 45.6 Å². The Hall–Kier alpha value is -2.31. The first-order chi connectivity index (χ1) is 10.9. The van der Waals surface area contributed by atoms with E-state index in [1.165, 1.54) is 12.3 Å². The molecular weight excluding hydrogens is 300 g/mol. The Morgan fingerprint density at radius 2 is 1.96 bits per heavy atom. The van der Waals surface area contributed by atoms with Crippen molar-refractivity contribution in [3.05, 3.63) is 24.2 Å². The SMILES string of the molecule is CC(C)C(NC(=O)c1ccco1)C(=O)NCCCCCC(=O)O. The van der Waals surface area contributed by atoms with Crippen LogP contribution in [0.1, 0.15) is 50.1 Å². The molecule has 3 N–H and O–H groups in total. The highest BCUT2D eigenvalue weighted by Gasteiger charge is 2.25. The number of carboxylic acids is 1. The molecule has 1 heterocycles. The second-order valence-corrected chi connectivity index (χ2v) is 5.67. The molecule has 2 amide bonds. The van der Waals surface area contributed by atoms with Crippen LogP contribution in [0, 0.1) is 5.92 Å². The summed E-state index contributed by atoms with van der Waals surface area (Å²) >= 11 is 0. The number of hydrogen-bond acceptors (Lipinski definition) is 4. The first-order valence-electron chi connectivity index (χ1n) is 7.75. The predicted molar refractivity (Wildman–Crippen MR) is 83.9 cm³/mol. The number of carbonyl (C=O) groups excluding carboxylic acids is 2. The topological polar surface area (TPSA) is 109 Å². The summed E-state index contributed by atoms with van der Waals surface area (Å²) in [5.41, 5.74) is 0. The van der Waals surface area contributed by atoms with E-state index in [9.17, 15) is 14.4 Å². The summed E-state index contributed by atoms with van der Waals surface area (Å²) in [5, 5.41) is 14.0. The number of amides is 2. The van der Waals surface area contributed by atoms with Gasteiger partial charge in [0.25, 0.3) is 5.91 Å². The van der Waals surface area contributed by atoms with Gasteiger partial charge in [0, 0.05) is 13.0 Å². The minimum absolute atomic E-state index is 0.0686. The molecule has 1 atom stereocenters. The number of unbranched alkanes of at least 4 members (excludes halogenated alkanes) is 2. The van der Waals surface area contributed by atoms with Crippen LogP contribution in [0.2, 0.25) is 0 Å². The molecule has 128 valence electrons. The van der Waals surface area contributed by atoms with E-state index in [4.69, 9.17) is 9.52 Å². The minimum atomic E-state index is -0.811. The molecule has 0 aromatic carbocycles. The molecule has 1 aromatic rings. The van der Waals surface area contributed by atoms with Gasteiger partial charge in [0.2, 0.25) is 5.91 Å². The fraction of sp³-hybridized carbons (Fsp3) is 0.562. The van der Waals surface area contributed by atoms with E-state index in [0.717, 1.165) is 6.42 Å². The molecule has 7 heteroatoms. The van der Waals surface area contributed by atoms with Crippen molar-refractivity contribution in [2.24, 2.45) is 5.92 Å². The van der Waals surface area contributed by atoms with Crippen molar-refractivity contribution >= 4 is 17.8 Å². The molecule has 1 unspecified atom stereocenters. The Bertz CT molecular complexity index is 511. The minimum Gasteiger partial charge on any atom is -0.481 e. The average molecular weight is 324 g/mol. The average Bonchev–Trinajstić information content (AvgIpc) is 3.01. The zero-order chi connectivity index (χ0) is 17.2. The molecule has 1 aromatic heterocycles. The molecule has 1 rings (SSSR count). The van der Waals surface area contributed by atoms with Crippen LogP contribution in [0.25, 0.3) is 0 Å². The molecule has 0 fully saturated rings. The third-order valence-electron chi connectivity index (χ3n) is 3.35. The van der Waals surface area contributed by atoms with Gasteiger partial charge in [0.05, 0.1) is 6.26 Å². The molecule has 0 saturated carbocycles. The van der Waals surface area contributed by atoms with Gasteiger partial charge in [0.1, 0.15) is 6.04 Å². The Labute approximate surface area is 135 Å². The molecule has 0 aliphatic heterocycles. The predicted octanol–water partition coefficient (Wildman–Crippen LogP) is 1.80. The Kier molecular flexibility index (Phi) is 7.87. The maximum absolute atomic E-state index is 12.2. The van der Waals surface area contributed by atoms with Crippen molar-refractivity contribution in [1.29, 1.82) is 0 Å². The maximum atomic E-state index is 12.2. The number of carboxylic acid groups (broad SMARTS) is 1. The van der Waals surface area contributed by atoms with Crippen molar-refractivity contribution in [1.82, 2.24) is 10.6 Å². The quantitative estimate of drug-likeness (QED) is 0.569. The van der Waals surface area contributed by atoms with Gasteiger partial charge in [0.15, 0.2) is 5.76 Å². The monoisotopic (exact) mass is 324 g/mol. The van der Waals surface area contributed by atoms with Crippen LogP contribution in [0.15, 0.2) is 22.8 Å². The fourth-order valence-corrected chi connectivity index (χ4v) is 2.05. The van der Waals surface area contributed by atoms with Gasteiger partial charge in [-0.3, -0.25) is 14.4 Å². The van der Waals surface area contributed by atoms with Gasteiger partial charge in [-0.05, 0) is 30.9 Å². The number of aliphatic carboxylic acids is 1. The molecule has 0 saturated heterocycles. The summed E-state index contributed by atoms with van der Waals surface area (Å²) in [4.78, 5) is 34.5. The normalized spacial score (nSPS) is 12.0. The van der Waals surface area contributed by atoms with E-state index < -0.39 is 17.9 Å². The molecular formula is C16H24N2O5. The number of carbonyl (C=O) groups is 3. The largest absolute Gasteiger partial charge is 0.481 e. The molecule has 0 aliphatic rings. The lowest BCUT2D eigenvalue weighted by molar-refractivity contribution is -0.137. The zero-order valence-corrected chi connectivity index (χ0v) is 13.5. The molecule has 7 nitrogen and oxygen atoms in total. The van der Waals surface area contributed by atoms with E-state index in [1.807, 2.05) is 13.8 Å². The summed E-state index contributed by atoms with van der Waals surface area (Å²) in [6.07, 6.45) is 3.57. The Morgan fingerprint density at radius 1 is 1.22 bits per heavy atom. The lowest BCUT2D eigenvalue weighted by Crippen LogP contribution is -2.49. The highest BCUT2D eigenvalue weighted by molar-refractivity contribution is 5.95. The van der Waals surface area contributed by atoms with Gasteiger partial charge >= 0.3 is 5.97 Å². The van der Waals surface area contributed by atoms with Gasteiger partial charge in [-0.1, -0.05) is 20.3 Å². The van der Waals surface area contributed by atoms with Crippen molar-refractivity contribution in [3.8, 4) is 0 Å². The van der Waals surface area contributed by atoms with Crippen LogP contribution in [0.5, 0.6) is 0 Å². The van der Waals surface area contributed by atoms with E-state index in [-0.39, 0.29) is 24.0 Å². The highest BCUT2D eigenvalue weighted by Crippen LogP contribution is 2.06. The maximum Gasteiger partial charge on any atom is 0.303 e.